The van der Waals surface area contributed by atoms with E-state index in [-0.39, 0.29) is 0 Å². The summed E-state index contributed by atoms with van der Waals surface area (Å²) in [5.74, 6) is -0.852. The smallest absolute Gasteiger partial charge is 0.210 e. The lowest BCUT2D eigenvalue weighted by Gasteiger charge is -2.31. The van der Waals surface area contributed by atoms with Crippen molar-refractivity contribution < 1.29 is 8.78 Å². The molecule has 356 valence electrons. The van der Waals surface area contributed by atoms with E-state index in [1.165, 1.54) is 0 Å². The molecular formula is C69H46F2N4. The lowest BCUT2D eigenvalue weighted by molar-refractivity contribution is 0.629. The molecule has 0 N–H and O–H groups in total. The Morgan fingerprint density at radius 2 is 0.880 bits per heavy atom. The molecule has 4 nitrogen and oxygen atoms in total. The Morgan fingerprint density at radius 1 is 0.413 bits per heavy atom. The van der Waals surface area contributed by atoms with Crippen LogP contribution in [0.3, 0.4) is 0 Å². The van der Waals surface area contributed by atoms with Crippen LogP contribution in [0.5, 0.6) is 0 Å². The maximum Gasteiger partial charge on any atom is 0.210 e. The van der Waals surface area contributed by atoms with Crippen molar-refractivity contribution in [2.24, 2.45) is 0 Å². The van der Waals surface area contributed by atoms with Crippen LogP contribution in [-0.4, -0.2) is 0 Å². The van der Waals surface area contributed by atoms with Gasteiger partial charge in [-0.25, -0.2) is 13.6 Å². The summed E-state index contributed by atoms with van der Waals surface area (Å²) in [6.07, 6.45) is 0. The summed E-state index contributed by atoms with van der Waals surface area (Å²) >= 11 is 0. The largest absolute Gasteiger partial charge is 0.317 e. The van der Waals surface area contributed by atoms with E-state index in [9.17, 15) is 5.26 Å². The number of anilines is 6. The minimum atomic E-state index is -0.542. The average Bonchev–Trinajstić information content (AvgIpc) is 3.75. The molecule has 1 aliphatic carbocycles. The molecule has 0 aromatic heterocycles. The topological polar surface area (TPSA) is 34.6 Å². The van der Waals surface area contributed by atoms with Crippen LogP contribution in [0.1, 0.15) is 30.5 Å². The van der Waals surface area contributed by atoms with Crippen molar-refractivity contribution in [3.05, 3.63) is 282 Å². The molecule has 0 saturated heterocycles. The van der Waals surface area contributed by atoms with Crippen LogP contribution >= 0.6 is 0 Å². The molecule has 0 amide bonds. The number of para-hydroxylation sites is 3. The molecule has 0 saturated carbocycles. The lowest BCUT2D eigenvalue weighted by Crippen LogP contribution is -2.18. The molecule has 75 heavy (non-hydrogen) atoms. The molecule has 11 aromatic carbocycles. The first-order valence-corrected chi connectivity index (χ1v) is 24.9. The zero-order valence-electron chi connectivity index (χ0n) is 41.1. The predicted molar refractivity (Wildman–Crippen MR) is 304 cm³/mol. The molecule has 0 unspecified atom stereocenters. The molecule has 6 heteroatoms. The highest BCUT2D eigenvalue weighted by molar-refractivity contribution is 6.00. The van der Waals surface area contributed by atoms with E-state index in [2.05, 4.69) is 61.2 Å². The van der Waals surface area contributed by atoms with Gasteiger partial charge in [0, 0.05) is 27.9 Å². The summed E-state index contributed by atoms with van der Waals surface area (Å²) in [5.41, 5.74) is 14.0. The van der Waals surface area contributed by atoms with E-state index in [4.69, 9.17) is 6.57 Å². The van der Waals surface area contributed by atoms with E-state index in [1.807, 2.05) is 192 Å². The van der Waals surface area contributed by atoms with Crippen LogP contribution < -0.4 is 9.80 Å². The molecule has 0 atom stereocenters. The number of fused-ring (bicyclic) bond motifs is 4. The third-order valence-corrected chi connectivity index (χ3v) is 14.6. The van der Waals surface area contributed by atoms with Gasteiger partial charge in [-0.05, 0) is 145 Å². The second kappa shape index (κ2) is 18.9. The van der Waals surface area contributed by atoms with Crippen molar-refractivity contribution in [1.82, 2.24) is 0 Å². The van der Waals surface area contributed by atoms with Crippen molar-refractivity contribution >= 4 is 50.6 Å². The van der Waals surface area contributed by atoms with E-state index >= 15 is 8.78 Å². The number of hydrogen-bond acceptors (Lipinski definition) is 3. The van der Waals surface area contributed by atoms with Crippen LogP contribution in [0, 0.1) is 29.5 Å². The third kappa shape index (κ3) is 8.16. The van der Waals surface area contributed by atoms with Crippen molar-refractivity contribution in [3.63, 3.8) is 0 Å². The van der Waals surface area contributed by atoms with Crippen LogP contribution in [0.15, 0.2) is 243 Å². The molecular weight excluding hydrogens is 923 g/mol. The lowest BCUT2D eigenvalue weighted by atomic mass is 9.81. The van der Waals surface area contributed by atoms with Gasteiger partial charge in [-0.1, -0.05) is 178 Å². The first kappa shape index (κ1) is 46.2. The van der Waals surface area contributed by atoms with Crippen LogP contribution in [-0.2, 0) is 5.41 Å². The van der Waals surface area contributed by atoms with Gasteiger partial charge in [0.2, 0.25) is 5.69 Å². The van der Waals surface area contributed by atoms with Gasteiger partial charge >= 0.3 is 0 Å². The fourth-order valence-corrected chi connectivity index (χ4v) is 10.9. The molecule has 0 radical (unpaired) electrons. The minimum absolute atomic E-state index is 0.334. The quantitative estimate of drug-likeness (QED) is 0.128. The average molecular weight is 969 g/mol. The fourth-order valence-electron chi connectivity index (χ4n) is 10.9. The highest BCUT2D eigenvalue weighted by atomic mass is 19.1. The van der Waals surface area contributed by atoms with Gasteiger partial charge in [0.05, 0.1) is 34.9 Å². The summed E-state index contributed by atoms with van der Waals surface area (Å²) < 4.78 is 35.0. The summed E-state index contributed by atoms with van der Waals surface area (Å²) in [7, 11) is 0. The molecule has 0 fully saturated rings. The zero-order valence-corrected chi connectivity index (χ0v) is 41.1. The third-order valence-electron chi connectivity index (χ3n) is 14.6. The van der Waals surface area contributed by atoms with Crippen LogP contribution in [0.2, 0.25) is 0 Å². The van der Waals surface area contributed by atoms with E-state index in [0.29, 0.717) is 56.5 Å². The van der Waals surface area contributed by atoms with Crippen molar-refractivity contribution in [2.45, 2.75) is 19.3 Å². The van der Waals surface area contributed by atoms with Gasteiger partial charge in [0.15, 0.2) is 0 Å². The van der Waals surface area contributed by atoms with E-state index in [1.54, 1.807) is 24.3 Å². The van der Waals surface area contributed by atoms with Gasteiger partial charge in [0.1, 0.15) is 17.7 Å². The Labute approximate surface area is 435 Å². The Kier molecular flexibility index (Phi) is 11.7. The molecule has 0 bridgehead atoms. The number of nitriles is 1. The summed E-state index contributed by atoms with van der Waals surface area (Å²) in [6, 6.07) is 80.6. The second-order valence-corrected chi connectivity index (χ2v) is 19.4. The minimum Gasteiger partial charge on any atom is -0.317 e. The van der Waals surface area contributed by atoms with Gasteiger partial charge < -0.3 is 9.80 Å². The normalized spacial score (nSPS) is 12.1. The maximum atomic E-state index is 17.5. The van der Waals surface area contributed by atoms with Crippen molar-refractivity contribution in [1.29, 1.82) is 5.26 Å². The Morgan fingerprint density at radius 3 is 1.44 bits per heavy atom. The fraction of sp³-hybridized carbons (Fsp3) is 0.0435. The van der Waals surface area contributed by atoms with E-state index in [0.717, 1.165) is 66.4 Å². The molecule has 11 aromatic rings. The standard InChI is InChI=1S/C69H46F2N4/c1-69(2)60-40-51-36-54(75(66-31-19-17-29-64(66)73-3)68-58(48-26-14-7-15-27-48)39-53(42-63(68)71)46-22-10-5-11-23-46)33-32-49(51)37-59(60)56-35-34-55(43-61(56)69)74(65-30-18-16-28-50(65)44-72)67-57(47-24-12-6-13-25-47)38-52(41-62(67)70)45-20-8-4-9-21-45/h4-43H,1-2H3. The monoisotopic (exact) mass is 968 g/mol. The SMILES string of the molecule is [C-]#[N+]c1ccccc1N(c1ccc2cc3c(cc2c1)C(C)(C)c1cc(N(c2ccccc2C#N)c2c(F)cc(-c4ccccc4)cc2-c2ccccc2)ccc1-3)c1c(F)cc(-c2ccccc2)cc1-c1ccccc1. The van der Waals surface area contributed by atoms with Gasteiger partial charge in [-0.2, -0.15) is 5.26 Å². The highest BCUT2D eigenvalue weighted by Gasteiger charge is 2.37. The molecule has 0 heterocycles. The maximum absolute atomic E-state index is 17.5. The number of halogens is 2. The van der Waals surface area contributed by atoms with Crippen LogP contribution in [0.4, 0.5) is 48.6 Å². The Bertz CT molecular complexity index is 4080. The number of rotatable bonds is 10. The second-order valence-electron chi connectivity index (χ2n) is 19.4. The first-order valence-electron chi connectivity index (χ1n) is 24.9. The number of nitrogens with zero attached hydrogens (tertiary/aromatic N) is 4. The van der Waals surface area contributed by atoms with Crippen molar-refractivity contribution in [2.75, 3.05) is 9.80 Å². The van der Waals surface area contributed by atoms with Gasteiger partial charge in [-0.15, -0.1) is 0 Å². The summed E-state index contributed by atoms with van der Waals surface area (Å²) in [5, 5.41) is 12.5. The summed E-state index contributed by atoms with van der Waals surface area (Å²) in [6.45, 7) is 12.7. The zero-order chi connectivity index (χ0) is 51.2. The molecule has 0 aliphatic heterocycles. The Balaban J connectivity index is 1.02. The van der Waals surface area contributed by atoms with Gasteiger partial charge in [-0.3, -0.25) is 0 Å². The highest BCUT2D eigenvalue weighted by Crippen LogP contribution is 2.54. The van der Waals surface area contributed by atoms with Gasteiger partial charge in [0.25, 0.3) is 0 Å². The molecule has 12 rings (SSSR count). The number of hydrogen-bond donors (Lipinski definition) is 0. The molecule has 0 spiro atoms. The summed E-state index contributed by atoms with van der Waals surface area (Å²) in [4.78, 5) is 7.74. The van der Waals surface area contributed by atoms with Crippen molar-refractivity contribution in [3.8, 4) is 61.7 Å². The number of benzene rings is 11. The van der Waals surface area contributed by atoms with Crippen LogP contribution in [0.25, 0.3) is 71.3 Å². The molecule has 1 aliphatic rings. The predicted octanol–water partition coefficient (Wildman–Crippen LogP) is 19.5. The Hall–Kier alpha value is -9.88. The first-order chi connectivity index (χ1) is 36.7. The van der Waals surface area contributed by atoms with E-state index < -0.39 is 17.0 Å².